The predicted molar refractivity (Wildman–Crippen MR) is 127 cm³/mol. The van der Waals surface area contributed by atoms with E-state index in [1.54, 1.807) is 0 Å². The van der Waals surface area contributed by atoms with Crippen LogP contribution in [0, 0.1) is 13.8 Å². The molecule has 0 saturated heterocycles. The SMILES string of the molecule is Cc1nc(CCOc2cccc(CN(CC(=O)O)Cc3cccc4ccccc34)c2)c(C)o1. The zero-order valence-electron chi connectivity index (χ0n) is 19.0. The monoisotopic (exact) mass is 444 g/mol. The molecule has 1 heterocycles. The molecule has 0 amide bonds. The standard InChI is InChI=1S/C27H28N2O4/c1-19-26(28-20(2)33-19)13-14-32-24-11-5-7-21(15-24)16-29(18-27(30)31)17-23-10-6-9-22-8-3-4-12-25(22)23/h3-12,15H,13-14,16-18H2,1-2H3,(H,30,31). The lowest BCUT2D eigenvalue weighted by Gasteiger charge is -2.22. The quantitative estimate of drug-likeness (QED) is 0.364. The molecule has 0 bridgehead atoms. The van der Waals surface area contributed by atoms with Gasteiger partial charge in [0.15, 0.2) is 5.89 Å². The van der Waals surface area contributed by atoms with Crippen molar-refractivity contribution >= 4 is 16.7 Å². The second-order valence-corrected chi connectivity index (χ2v) is 8.16. The summed E-state index contributed by atoms with van der Waals surface area (Å²) in [4.78, 5) is 17.9. The van der Waals surface area contributed by atoms with Gasteiger partial charge in [-0.2, -0.15) is 0 Å². The highest BCUT2D eigenvalue weighted by atomic mass is 16.5. The van der Waals surface area contributed by atoms with Crippen molar-refractivity contribution in [1.29, 1.82) is 0 Å². The van der Waals surface area contributed by atoms with Crippen molar-refractivity contribution in [2.75, 3.05) is 13.2 Å². The molecule has 0 spiro atoms. The topological polar surface area (TPSA) is 75.8 Å². The van der Waals surface area contributed by atoms with E-state index in [4.69, 9.17) is 9.15 Å². The Morgan fingerprint density at radius 2 is 1.82 bits per heavy atom. The highest BCUT2D eigenvalue weighted by molar-refractivity contribution is 5.85. The van der Waals surface area contributed by atoms with Crippen LogP contribution >= 0.6 is 0 Å². The third-order valence-electron chi connectivity index (χ3n) is 5.54. The van der Waals surface area contributed by atoms with E-state index in [9.17, 15) is 9.90 Å². The van der Waals surface area contributed by atoms with Crippen molar-refractivity contribution in [1.82, 2.24) is 9.88 Å². The van der Waals surface area contributed by atoms with Crippen LogP contribution in [0.25, 0.3) is 10.8 Å². The van der Waals surface area contributed by atoms with E-state index in [1.165, 1.54) is 0 Å². The molecule has 3 aromatic carbocycles. The Hall–Kier alpha value is -3.64. The number of aromatic nitrogens is 1. The number of benzene rings is 3. The minimum absolute atomic E-state index is 0.0426. The van der Waals surface area contributed by atoms with E-state index in [-0.39, 0.29) is 6.54 Å². The maximum absolute atomic E-state index is 11.5. The fourth-order valence-electron chi connectivity index (χ4n) is 4.09. The number of aliphatic carboxylic acids is 1. The molecule has 4 rings (SSSR count). The third-order valence-corrected chi connectivity index (χ3v) is 5.54. The summed E-state index contributed by atoms with van der Waals surface area (Å²) in [6.45, 7) is 5.24. The van der Waals surface area contributed by atoms with E-state index in [0.717, 1.165) is 39.1 Å². The van der Waals surface area contributed by atoms with Crippen LogP contribution in [-0.4, -0.2) is 34.1 Å². The van der Waals surface area contributed by atoms with Gasteiger partial charge in [0.25, 0.3) is 0 Å². The van der Waals surface area contributed by atoms with E-state index in [2.05, 4.69) is 29.2 Å². The Labute approximate surface area is 193 Å². The number of carbonyl (C=O) groups is 1. The van der Waals surface area contributed by atoms with Gasteiger partial charge in [-0.25, -0.2) is 4.98 Å². The number of nitrogens with zero attached hydrogens (tertiary/aromatic N) is 2. The summed E-state index contributed by atoms with van der Waals surface area (Å²) in [7, 11) is 0. The second-order valence-electron chi connectivity index (χ2n) is 8.16. The van der Waals surface area contributed by atoms with Gasteiger partial charge < -0.3 is 14.3 Å². The molecule has 0 aliphatic rings. The first-order valence-electron chi connectivity index (χ1n) is 11.0. The molecule has 1 aromatic heterocycles. The van der Waals surface area contributed by atoms with Crippen LogP contribution in [0.15, 0.2) is 71.1 Å². The lowest BCUT2D eigenvalue weighted by molar-refractivity contribution is -0.138. The number of rotatable bonds is 10. The number of carboxylic acids is 1. The molecule has 6 heteroatoms. The van der Waals surface area contributed by atoms with E-state index < -0.39 is 5.97 Å². The van der Waals surface area contributed by atoms with Gasteiger partial charge in [0.2, 0.25) is 0 Å². The van der Waals surface area contributed by atoms with E-state index in [1.807, 2.05) is 61.2 Å². The molecular formula is C27H28N2O4. The van der Waals surface area contributed by atoms with Crippen LogP contribution in [0.5, 0.6) is 5.75 Å². The number of aryl methyl sites for hydroxylation is 2. The molecule has 0 aliphatic heterocycles. The van der Waals surface area contributed by atoms with Crippen molar-refractivity contribution < 1.29 is 19.1 Å². The molecule has 6 nitrogen and oxygen atoms in total. The summed E-state index contributed by atoms with van der Waals surface area (Å²) in [5.41, 5.74) is 3.02. The number of carboxylic acid groups (broad SMARTS) is 1. The Bertz CT molecular complexity index is 1240. The molecule has 1 N–H and O–H groups in total. The zero-order valence-corrected chi connectivity index (χ0v) is 19.0. The molecule has 0 saturated carbocycles. The first kappa shape index (κ1) is 22.6. The van der Waals surface area contributed by atoms with Gasteiger partial charge in [0.05, 0.1) is 18.8 Å². The van der Waals surface area contributed by atoms with Gasteiger partial charge in [-0.3, -0.25) is 9.69 Å². The Morgan fingerprint density at radius 3 is 2.61 bits per heavy atom. The Balaban J connectivity index is 1.44. The number of ether oxygens (including phenoxy) is 1. The average Bonchev–Trinajstić information content (AvgIpc) is 3.10. The number of hydrogen-bond donors (Lipinski definition) is 1. The molecule has 0 radical (unpaired) electrons. The predicted octanol–water partition coefficient (Wildman–Crippen LogP) is 5.15. The van der Waals surface area contributed by atoms with Crippen molar-refractivity contribution in [3.63, 3.8) is 0 Å². The van der Waals surface area contributed by atoms with Crippen molar-refractivity contribution in [2.45, 2.75) is 33.4 Å². The maximum Gasteiger partial charge on any atom is 0.317 e. The lowest BCUT2D eigenvalue weighted by Crippen LogP contribution is -2.29. The molecule has 170 valence electrons. The average molecular weight is 445 g/mol. The summed E-state index contributed by atoms with van der Waals surface area (Å²) in [6, 6.07) is 22.1. The van der Waals surface area contributed by atoms with Crippen LogP contribution in [0.4, 0.5) is 0 Å². The zero-order chi connectivity index (χ0) is 23.2. The molecule has 0 fully saturated rings. The van der Waals surface area contributed by atoms with Crippen molar-refractivity contribution in [2.24, 2.45) is 0 Å². The number of oxazole rings is 1. The maximum atomic E-state index is 11.5. The largest absolute Gasteiger partial charge is 0.493 e. The Morgan fingerprint density at radius 1 is 1.03 bits per heavy atom. The first-order chi connectivity index (χ1) is 16.0. The fraction of sp³-hybridized carbons (Fsp3) is 0.259. The van der Waals surface area contributed by atoms with Crippen LogP contribution < -0.4 is 4.74 Å². The smallest absolute Gasteiger partial charge is 0.317 e. The van der Waals surface area contributed by atoms with E-state index in [0.29, 0.717) is 32.0 Å². The van der Waals surface area contributed by atoms with Gasteiger partial charge >= 0.3 is 5.97 Å². The van der Waals surface area contributed by atoms with Gasteiger partial charge in [-0.15, -0.1) is 0 Å². The molecule has 33 heavy (non-hydrogen) atoms. The van der Waals surface area contributed by atoms with Crippen LogP contribution in [0.2, 0.25) is 0 Å². The molecule has 0 aliphatic carbocycles. The molecule has 4 aromatic rings. The van der Waals surface area contributed by atoms with Gasteiger partial charge in [-0.05, 0) is 41.0 Å². The molecular weight excluding hydrogens is 416 g/mol. The summed E-state index contributed by atoms with van der Waals surface area (Å²) < 4.78 is 11.4. The molecule has 0 unspecified atom stereocenters. The first-order valence-corrected chi connectivity index (χ1v) is 11.0. The number of fused-ring (bicyclic) bond motifs is 1. The minimum Gasteiger partial charge on any atom is -0.493 e. The summed E-state index contributed by atoms with van der Waals surface area (Å²) in [6.07, 6.45) is 0.666. The van der Waals surface area contributed by atoms with E-state index >= 15 is 0 Å². The van der Waals surface area contributed by atoms with Crippen molar-refractivity contribution in [3.8, 4) is 5.75 Å². The highest BCUT2D eigenvalue weighted by Gasteiger charge is 2.14. The minimum atomic E-state index is -0.846. The van der Waals surface area contributed by atoms with Gasteiger partial charge in [0, 0.05) is 26.4 Å². The lowest BCUT2D eigenvalue weighted by atomic mass is 10.0. The van der Waals surface area contributed by atoms with Crippen LogP contribution in [0.1, 0.15) is 28.5 Å². The van der Waals surface area contributed by atoms with Crippen molar-refractivity contribution in [3.05, 3.63) is 95.2 Å². The Kier molecular flexibility index (Phi) is 7.05. The summed E-state index contributed by atoms with van der Waals surface area (Å²) in [5, 5.41) is 11.8. The van der Waals surface area contributed by atoms with Gasteiger partial charge in [0.1, 0.15) is 11.5 Å². The summed E-state index contributed by atoms with van der Waals surface area (Å²) in [5.74, 6) is 1.39. The van der Waals surface area contributed by atoms with Gasteiger partial charge in [-0.1, -0.05) is 54.6 Å². The molecule has 0 atom stereocenters. The van der Waals surface area contributed by atoms with Crippen LogP contribution in [-0.2, 0) is 24.3 Å². The fourth-order valence-corrected chi connectivity index (χ4v) is 4.09. The van der Waals surface area contributed by atoms with Crippen LogP contribution in [0.3, 0.4) is 0 Å². The summed E-state index contributed by atoms with van der Waals surface area (Å²) >= 11 is 0. The normalized spacial score (nSPS) is 11.2. The second kappa shape index (κ2) is 10.3. The third kappa shape index (κ3) is 5.99. The highest BCUT2D eigenvalue weighted by Crippen LogP contribution is 2.22. The number of hydrogen-bond acceptors (Lipinski definition) is 5.